The molecule has 1 N–H and O–H groups in total. The van der Waals surface area contributed by atoms with Gasteiger partial charge in [0.15, 0.2) is 0 Å². The number of likely N-dealkylation sites (N-methyl/N-ethyl adjacent to an activating group) is 1. The molecule has 1 heterocycles. The molecule has 1 fully saturated rings. The van der Waals surface area contributed by atoms with Crippen LogP contribution in [0.25, 0.3) is 0 Å². The second-order valence-electron chi connectivity index (χ2n) is 5.95. The molecular formula is C17H22ClN3. The van der Waals surface area contributed by atoms with Crippen LogP contribution in [-0.4, -0.2) is 16.8 Å². The molecule has 1 aromatic heterocycles. The average molecular weight is 304 g/mol. The minimum atomic E-state index is 0.105. The van der Waals surface area contributed by atoms with Crippen molar-refractivity contribution in [2.45, 2.75) is 37.1 Å². The fourth-order valence-electron chi connectivity index (χ4n) is 3.94. The Balaban J connectivity index is 2.12. The Morgan fingerprint density at radius 2 is 1.90 bits per heavy atom. The van der Waals surface area contributed by atoms with Crippen molar-refractivity contribution in [3.63, 3.8) is 0 Å². The van der Waals surface area contributed by atoms with E-state index in [1.807, 2.05) is 18.8 Å². The van der Waals surface area contributed by atoms with Crippen LogP contribution in [0.5, 0.6) is 0 Å². The molecule has 1 unspecified atom stereocenters. The maximum Gasteiger partial charge on any atom is 0.0834 e. The average Bonchev–Trinajstić information content (AvgIpc) is 3.12. The second kappa shape index (κ2) is 5.82. The van der Waals surface area contributed by atoms with E-state index >= 15 is 0 Å². The van der Waals surface area contributed by atoms with E-state index < -0.39 is 0 Å². The van der Waals surface area contributed by atoms with Crippen molar-refractivity contribution < 1.29 is 0 Å². The highest BCUT2D eigenvalue weighted by molar-refractivity contribution is 6.31. The molecular weight excluding hydrogens is 282 g/mol. The largest absolute Gasteiger partial charge is 0.311 e. The molecule has 0 spiro atoms. The lowest BCUT2D eigenvalue weighted by Gasteiger charge is -2.38. The molecule has 0 aliphatic heterocycles. The lowest BCUT2D eigenvalue weighted by Crippen LogP contribution is -2.39. The third-order valence-corrected chi connectivity index (χ3v) is 5.19. The molecule has 0 saturated heterocycles. The van der Waals surface area contributed by atoms with Gasteiger partial charge in [-0.05, 0) is 25.5 Å². The number of aromatic nitrogens is 2. The first kappa shape index (κ1) is 14.6. The molecule has 1 aromatic carbocycles. The summed E-state index contributed by atoms with van der Waals surface area (Å²) in [4.78, 5) is 0. The van der Waals surface area contributed by atoms with Gasteiger partial charge in [0.1, 0.15) is 0 Å². The fraction of sp³-hybridized carbons (Fsp3) is 0.471. The highest BCUT2D eigenvalue weighted by Gasteiger charge is 2.44. The van der Waals surface area contributed by atoms with Gasteiger partial charge in [-0.3, -0.25) is 4.68 Å². The monoisotopic (exact) mass is 303 g/mol. The minimum absolute atomic E-state index is 0.105. The van der Waals surface area contributed by atoms with Gasteiger partial charge in [-0.25, -0.2) is 0 Å². The number of benzene rings is 1. The maximum atomic E-state index is 6.42. The van der Waals surface area contributed by atoms with Gasteiger partial charge < -0.3 is 5.32 Å². The Kier molecular flexibility index (Phi) is 4.05. The minimum Gasteiger partial charge on any atom is -0.311 e. The fourth-order valence-corrected chi connectivity index (χ4v) is 4.21. The van der Waals surface area contributed by atoms with Crippen LogP contribution in [0.3, 0.4) is 0 Å². The van der Waals surface area contributed by atoms with Gasteiger partial charge in [-0.1, -0.05) is 54.8 Å². The third-order valence-electron chi connectivity index (χ3n) is 4.90. The summed E-state index contributed by atoms with van der Waals surface area (Å²) in [7, 11) is 4.00. The molecule has 1 atom stereocenters. The van der Waals surface area contributed by atoms with Crippen molar-refractivity contribution in [3.8, 4) is 0 Å². The zero-order valence-corrected chi connectivity index (χ0v) is 13.4. The van der Waals surface area contributed by atoms with Crippen LogP contribution < -0.4 is 5.32 Å². The first-order chi connectivity index (χ1) is 10.2. The molecule has 1 aliphatic carbocycles. The summed E-state index contributed by atoms with van der Waals surface area (Å²) in [6.45, 7) is 0. The predicted octanol–water partition coefficient (Wildman–Crippen LogP) is 3.85. The van der Waals surface area contributed by atoms with E-state index in [1.54, 1.807) is 6.20 Å². The molecule has 0 bridgehead atoms. The van der Waals surface area contributed by atoms with Crippen molar-refractivity contribution in [1.82, 2.24) is 15.1 Å². The third kappa shape index (κ3) is 2.39. The van der Waals surface area contributed by atoms with E-state index in [0.29, 0.717) is 0 Å². The van der Waals surface area contributed by atoms with Crippen LogP contribution in [0, 0.1) is 0 Å². The molecule has 21 heavy (non-hydrogen) atoms. The van der Waals surface area contributed by atoms with E-state index in [4.69, 9.17) is 11.6 Å². The highest BCUT2D eigenvalue weighted by Crippen LogP contribution is 2.50. The van der Waals surface area contributed by atoms with Crippen LogP contribution >= 0.6 is 11.6 Å². The zero-order chi connectivity index (χ0) is 14.9. The molecule has 2 aromatic rings. The SMILES string of the molecule is CNC(c1c(Cl)cnn1C)C1(c2ccccc2)CCCC1. The van der Waals surface area contributed by atoms with Gasteiger partial charge in [-0.15, -0.1) is 0 Å². The lowest BCUT2D eigenvalue weighted by atomic mass is 9.71. The van der Waals surface area contributed by atoms with E-state index in [9.17, 15) is 0 Å². The summed E-state index contributed by atoms with van der Waals surface area (Å²) in [5.41, 5.74) is 2.59. The Morgan fingerprint density at radius 1 is 1.24 bits per heavy atom. The quantitative estimate of drug-likeness (QED) is 0.930. The van der Waals surface area contributed by atoms with Gasteiger partial charge in [0.05, 0.1) is 23.0 Å². The summed E-state index contributed by atoms with van der Waals surface area (Å²) in [6, 6.07) is 11.0. The normalized spacial score (nSPS) is 18.8. The summed E-state index contributed by atoms with van der Waals surface area (Å²) in [5.74, 6) is 0. The van der Waals surface area contributed by atoms with Gasteiger partial charge in [0.2, 0.25) is 0 Å². The molecule has 1 aliphatic rings. The van der Waals surface area contributed by atoms with Gasteiger partial charge in [0, 0.05) is 12.5 Å². The van der Waals surface area contributed by atoms with Crippen LogP contribution in [0.15, 0.2) is 36.5 Å². The van der Waals surface area contributed by atoms with Crippen molar-refractivity contribution in [3.05, 3.63) is 52.8 Å². The first-order valence-corrected chi connectivity index (χ1v) is 7.97. The summed E-state index contributed by atoms with van der Waals surface area (Å²) in [5, 5.41) is 8.60. The van der Waals surface area contributed by atoms with Gasteiger partial charge in [-0.2, -0.15) is 5.10 Å². The van der Waals surface area contributed by atoms with E-state index in [0.717, 1.165) is 10.7 Å². The van der Waals surface area contributed by atoms with E-state index in [-0.39, 0.29) is 11.5 Å². The zero-order valence-electron chi connectivity index (χ0n) is 12.6. The highest BCUT2D eigenvalue weighted by atomic mass is 35.5. The van der Waals surface area contributed by atoms with Crippen molar-refractivity contribution >= 4 is 11.6 Å². The molecule has 0 amide bonds. The Labute approximate surface area is 131 Å². The van der Waals surface area contributed by atoms with Crippen molar-refractivity contribution in [2.75, 3.05) is 7.05 Å². The van der Waals surface area contributed by atoms with Gasteiger partial charge >= 0.3 is 0 Å². The molecule has 3 nitrogen and oxygen atoms in total. The number of rotatable bonds is 4. The Bertz CT molecular complexity index is 580. The summed E-state index contributed by atoms with van der Waals surface area (Å²) >= 11 is 6.42. The number of nitrogens with one attached hydrogen (secondary N) is 1. The van der Waals surface area contributed by atoms with E-state index in [2.05, 4.69) is 40.7 Å². The number of halogens is 1. The van der Waals surface area contributed by atoms with Crippen LogP contribution in [-0.2, 0) is 12.5 Å². The molecule has 1 saturated carbocycles. The van der Waals surface area contributed by atoms with Crippen LogP contribution in [0.4, 0.5) is 0 Å². The first-order valence-electron chi connectivity index (χ1n) is 7.59. The number of nitrogens with zero attached hydrogens (tertiary/aromatic N) is 2. The molecule has 3 rings (SSSR count). The van der Waals surface area contributed by atoms with Crippen molar-refractivity contribution in [2.24, 2.45) is 7.05 Å². The molecule has 4 heteroatoms. The number of aryl methyl sites for hydroxylation is 1. The summed E-state index contributed by atoms with van der Waals surface area (Å²) in [6.07, 6.45) is 6.65. The maximum absolute atomic E-state index is 6.42. The predicted molar refractivity (Wildman–Crippen MR) is 86.6 cm³/mol. The van der Waals surface area contributed by atoms with Gasteiger partial charge in [0.25, 0.3) is 0 Å². The molecule has 0 radical (unpaired) electrons. The Hall–Kier alpha value is -1.32. The van der Waals surface area contributed by atoms with E-state index in [1.165, 1.54) is 31.2 Å². The number of hydrogen-bond acceptors (Lipinski definition) is 2. The molecule has 112 valence electrons. The second-order valence-corrected chi connectivity index (χ2v) is 6.36. The topological polar surface area (TPSA) is 29.9 Å². The van der Waals surface area contributed by atoms with Crippen molar-refractivity contribution in [1.29, 1.82) is 0 Å². The lowest BCUT2D eigenvalue weighted by molar-refractivity contribution is 0.302. The van der Waals surface area contributed by atoms with Crippen LogP contribution in [0.2, 0.25) is 5.02 Å². The summed E-state index contributed by atoms with van der Waals surface area (Å²) < 4.78 is 1.91. The standard InChI is InChI=1S/C17H22ClN3/c1-19-16(15-14(18)12-20-21(15)2)17(10-6-7-11-17)13-8-4-3-5-9-13/h3-5,8-9,12,16,19H,6-7,10-11H2,1-2H3. The van der Waals surface area contributed by atoms with Crippen LogP contribution in [0.1, 0.15) is 43.0 Å². The Morgan fingerprint density at radius 3 is 2.43 bits per heavy atom. The smallest absolute Gasteiger partial charge is 0.0834 e. The number of hydrogen-bond donors (Lipinski definition) is 1.